The number of benzene rings is 1. The van der Waals surface area contributed by atoms with Gasteiger partial charge in [0.05, 0.1) is 13.2 Å². The summed E-state index contributed by atoms with van der Waals surface area (Å²) in [5.41, 5.74) is 2.43. The highest BCUT2D eigenvalue weighted by Gasteiger charge is 1.98. The Morgan fingerprint density at radius 1 is 1.10 bits per heavy atom. The summed E-state index contributed by atoms with van der Waals surface area (Å²) in [5.74, 6) is 0.771. The third-order valence-electron chi connectivity index (χ3n) is 2.97. The second kappa shape index (κ2) is 12.9. The van der Waals surface area contributed by atoms with Crippen LogP contribution in [0.15, 0.2) is 29.3 Å². The van der Waals surface area contributed by atoms with Crippen molar-refractivity contribution in [3.05, 3.63) is 35.4 Å². The highest BCUT2D eigenvalue weighted by atomic mass is 127. The van der Waals surface area contributed by atoms with Crippen molar-refractivity contribution in [2.75, 3.05) is 19.8 Å². The monoisotopic (exact) mass is 407 g/mol. The molecule has 0 saturated heterocycles. The Morgan fingerprint density at radius 3 is 2.29 bits per heavy atom. The number of unbranched alkanes of at least 4 members (excludes halogenated alkanes) is 1. The predicted octanol–water partition coefficient (Wildman–Crippen LogP) is 3.81. The average Bonchev–Trinajstić information content (AvgIpc) is 2.46. The normalized spacial score (nSPS) is 10.9. The lowest BCUT2D eigenvalue weighted by molar-refractivity contribution is 0.470. The van der Waals surface area contributed by atoms with Crippen LogP contribution in [-0.4, -0.2) is 25.7 Å². The second-order valence-electron chi connectivity index (χ2n) is 4.90. The third-order valence-corrected chi connectivity index (χ3v) is 2.97. The molecular weight excluding hydrogens is 380 g/mol. The molecule has 1 aromatic rings. The van der Waals surface area contributed by atoms with E-state index in [2.05, 4.69) is 53.7 Å². The molecule has 0 atom stereocenters. The van der Waals surface area contributed by atoms with E-state index in [1.54, 1.807) is 0 Å². The fraction of sp³-hybridized carbons (Fsp3) is 0.562. The van der Waals surface area contributed by atoms with Crippen LogP contribution in [0.2, 0.25) is 0 Å². The Morgan fingerprint density at radius 2 is 1.71 bits per heavy atom. The zero-order valence-electron chi connectivity index (χ0n) is 13.0. The molecule has 0 heterocycles. The maximum Gasteiger partial charge on any atom is 0.191 e. The fourth-order valence-corrected chi connectivity index (χ4v) is 1.70. The summed E-state index contributed by atoms with van der Waals surface area (Å²) in [7, 11) is 0. The molecule has 2 N–H and O–H groups in total. The molecule has 0 aromatic heterocycles. The molecule has 0 amide bonds. The molecule has 5 heteroatoms. The lowest BCUT2D eigenvalue weighted by atomic mass is 10.1. The zero-order chi connectivity index (χ0) is 14.6. The first-order chi connectivity index (χ1) is 9.76. The van der Waals surface area contributed by atoms with Crippen molar-refractivity contribution in [3.63, 3.8) is 0 Å². The van der Waals surface area contributed by atoms with E-state index in [1.165, 1.54) is 11.1 Å². The summed E-state index contributed by atoms with van der Waals surface area (Å²) < 4.78 is 12.1. The molecule has 0 unspecified atom stereocenters. The maximum atomic E-state index is 12.1. The molecule has 0 fully saturated rings. The molecule has 0 radical (unpaired) electrons. The number of hydrogen-bond donors (Lipinski definition) is 2. The van der Waals surface area contributed by atoms with Crippen molar-refractivity contribution in [1.29, 1.82) is 0 Å². The van der Waals surface area contributed by atoms with E-state index in [0.717, 1.165) is 25.3 Å². The van der Waals surface area contributed by atoms with Gasteiger partial charge in [0, 0.05) is 13.1 Å². The summed E-state index contributed by atoms with van der Waals surface area (Å²) in [5, 5.41) is 6.44. The van der Waals surface area contributed by atoms with E-state index < -0.39 is 0 Å². The van der Waals surface area contributed by atoms with E-state index in [9.17, 15) is 4.39 Å². The molecule has 0 aliphatic carbocycles. The summed E-state index contributed by atoms with van der Waals surface area (Å²) in [6, 6.07) is 8.35. The van der Waals surface area contributed by atoms with Crippen molar-refractivity contribution < 1.29 is 4.39 Å². The molecule has 0 spiro atoms. The molecular formula is C16H27FIN3. The maximum absolute atomic E-state index is 12.1. The van der Waals surface area contributed by atoms with E-state index in [-0.39, 0.29) is 30.7 Å². The Labute approximate surface area is 144 Å². The first-order valence-electron chi connectivity index (χ1n) is 7.40. The van der Waals surface area contributed by atoms with Gasteiger partial charge in [-0.1, -0.05) is 43.2 Å². The van der Waals surface area contributed by atoms with E-state index in [0.29, 0.717) is 19.5 Å². The zero-order valence-corrected chi connectivity index (χ0v) is 15.3. The lowest BCUT2D eigenvalue weighted by Gasteiger charge is -2.11. The number of alkyl halides is 1. The number of halogens is 2. The Balaban J connectivity index is 0.00000400. The molecule has 0 aliphatic heterocycles. The standard InChI is InChI=1S/C16H26FN3.HI/c1-3-4-11-18-16(19-12-5-10-17)20-13-15-8-6-14(2)7-9-15;/h6-9H,3-5,10-13H2,1-2H3,(H2,18,19,20);1H. The summed E-state index contributed by atoms with van der Waals surface area (Å²) in [6.45, 7) is 6.07. The van der Waals surface area contributed by atoms with Gasteiger partial charge in [-0.3, -0.25) is 4.39 Å². The van der Waals surface area contributed by atoms with Crippen molar-refractivity contribution in [2.45, 2.75) is 39.7 Å². The van der Waals surface area contributed by atoms with E-state index >= 15 is 0 Å². The minimum atomic E-state index is -0.298. The minimum absolute atomic E-state index is 0. The molecule has 1 rings (SSSR count). The SMILES string of the molecule is CCCCNC(=NCc1ccc(C)cc1)NCCCF.I. The largest absolute Gasteiger partial charge is 0.356 e. The van der Waals surface area contributed by atoms with Gasteiger partial charge >= 0.3 is 0 Å². The van der Waals surface area contributed by atoms with Crippen LogP contribution in [0.1, 0.15) is 37.3 Å². The number of nitrogens with one attached hydrogen (secondary N) is 2. The van der Waals surface area contributed by atoms with E-state index in [1.807, 2.05) is 0 Å². The van der Waals surface area contributed by atoms with Gasteiger partial charge in [-0.2, -0.15) is 0 Å². The van der Waals surface area contributed by atoms with Gasteiger partial charge in [-0.15, -0.1) is 24.0 Å². The molecule has 0 bridgehead atoms. The van der Waals surface area contributed by atoms with Crippen molar-refractivity contribution in [3.8, 4) is 0 Å². The molecule has 3 nitrogen and oxygen atoms in total. The fourth-order valence-electron chi connectivity index (χ4n) is 1.70. The van der Waals surface area contributed by atoms with E-state index in [4.69, 9.17) is 0 Å². The van der Waals surface area contributed by atoms with Crippen LogP contribution in [0.3, 0.4) is 0 Å². The van der Waals surface area contributed by atoms with Gasteiger partial charge in [0.25, 0.3) is 0 Å². The van der Waals surface area contributed by atoms with Crippen LogP contribution in [0.25, 0.3) is 0 Å². The Hall–Kier alpha value is -0.850. The second-order valence-corrected chi connectivity index (χ2v) is 4.90. The summed E-state index contributed by atoms with van der Waals surface area (Å²) >= 11 is 0. The smallest absolute Gasteiger partial charge is 0.191 e. The molecule has 21 heavy (non-hydrogen) atoms. The Bertz CT molecular complexity index is 381. The number of guanidine groups is 1. The van der Waals surface area contributed by atoms with Crippen molar-refractivity contribution >= 4 is 29.9 Å². The van der Waals surface area contributed by atoms with Gasteiger partial charge in [0.2, 0.25) is 0 Å². The van der Waals surface area contributed by atoms with Gasteiger partial charge in [0.1, 0.15) is 0 Å². The summed E-state index contributed by atoms with van der Waals surface area (Å²) in [4.78, 5) is 4.54. The topological polar surface area (TPSA) is 36.4 Å². The van der Waals surface area contributed by atoms with Crippen LogP contribution in [0.4, 0.5) is 4.39 Å². The highest BCUT2D eigenvalue weighted by Crippen LogP contribution is 2.04. The molecule has 0 saturated carbocycles. The van der Waals surface area contributed by atoms with Gasteiger partial charge in [0.15, 0.2) is 5.96 Å². The molecule has 1 aromatic carbocycles. The third kappa shape index (κ3) is 9.66. The van der Waals surface area contributed by atoms with Gasteiger partial charge in [-0.25, -0.2) is 4.99 Å². The van der Waals surface area contributed by atoms with Crippen molar-refractivity contribution in [2.24, 2.45) is 4.99 Å². The lowest BCUT2D eigenvalue weighted by Crippen LogP contribution is -2.38. The van der Waals surface area contributed by atoms with Crippen LogP contribution in [0.5, 0.6) is 0 Å². The highest BCUT2D eigenvalue weighted by molar-refractivity contribution is 14.0. The Kier molecular flexibility index (Phi) is 12.3. The number of aryl methyl sites for hydroxylation is 1. The average molecular weight is 407 g/mol. The molecule has 120 valence electrons. The van der Waals surface area contributed by atoms with Crippen LogP contribution in [-0.2, 0) is 6.54 Å². The van der Waals surface area contributed by atoms with Crippen LogP contribution < -0.4 is 10.6 Å². The van der Waals surface area contributed by atoms with Gasteiger partial charge in [-0.05, 0) is 25.3 Å². The van der Waals surface area contributed by atoms with Crippen molar-refractivity contribution in [1.82, 2.24) is 10.6 Å². The number of hydrogen-bond acceptors (Lipinski definition) is 1. The quantitative estimate of drug-likeness (QED) is 0.298. The minimum Gasteiger partial charge on any atom is -0.356 e. The molecule has 0 aliphatic rings. The first kappa shape index (κ1) is 20.1. The van der Waals surface area contributed by atoms with Crippen LogP contribution in [0, 0.1) is 6.92 Å². The predicted molar refractivity (Wildman–Crippen MR) is 99.2 cm³/mol. The van der Waals surface area contributed by atoms with Crippen LogP contribution >= 0.6 is 24.0 Å². The van der Waals surface area contributed by atoms with Gasteiger partial charge < -0.3 is 10.6 Å². The number of nitrogens with zero attached hydrogens (tertiary/aromatic N) is 1. The summed E-state index contributed by atoms with van der Waals surface area (Å²) in [6.07, 6.45) is 2.76. The number of rotatable bonds is 8. The first-order valence-corrected chi connectivity index (χ1v) is 7.40. The number of aliphatic imine (C=N–C) groups is 1.